The van der Waals surface area contributed by atoms with Gasteiger partial charge in [0.05, 0.1) is 6.42 Å². The first-order valence-corrected chi connectivity index (χ1v) is 8.32. The monoisotopic (exact) mass is 315 g/mol. The van der Waals surface area contributed by atoms with Crippen LogP contribution in [0, 0.1) is 0 Å². The summed E-state index contributed by atoms with van der Waals surface area (Å²) in [6, 6.07) is 10.1. The summed E-state index contributed by atoms with van der Waals surface area (Å²) in [6.07, 6.45) is 2.67. The minimum atomic E-state index is 0.0755. The van der Waals surface area contributed by atoms with E-state index in [4.69, 9.17) is 9.47 Å². The van der Waals surface area contributed by atoms with Gasteiger partial charge in [0, 0.05) is 16.8 Å². The highest BCUT2D eigenvalue weighted by Crippen LogP contribution is 2.49. The van der Waals surface area contributed by atoms with E-state index in [-0.39, 0.29) is 11.3 Å². The van der Waals surface area contributed by atoms with Gasteiger partial charge >= 0.3 is 0 Å². The van der Waals surface area contributed by atoms with Gasteiger partial charge < -0.3 is 14.8 Å². The standard InChI is InChI=1S/C17H17NO3S/c19-16(9-13-2-1-7-22-13)18-10-17(5-6-17)12-3-4-14-15(8-12)21-11-20-14/h1-4,7-8H,5-6,9-11H2,(H,18,19). The van der Waals surface area contributed by atoms with Crippen LogP contribution in [0.2, 0.25) is 0 Å². The van der Waals surface area contributed by atoms with Crippen molar-refractivity contribution in [3.05, 3.63) is 46.2 Å². The lowest BCUT2D eigenvalue weighted by Crippen LogP contribution is -2.33. The van der Waals surface area contributed by atoms with Crippen LogP contribution < -0.4 is 14.8 Å². The maximum atomic E-state index is 12.1. The summed E-state index contributed by atoms with van der Waals surface area (Å²) in [4.78, 5) is 13.2. The first-order chi connectivity index (χ1) is 10.8. The second kappa shape index (κ2) is 5.32. The van der Waals surface area contributed by atoms with Gasteiger partial charge in [0.15, 0.2) is 11.5 Å². The molecular weight excluding hydrogens is 298 g/mol. The third-order valence-electron chi connectivity index (χ3n) is 4.38. The maximum absolute atomic E-state index is 12.1. The van der Waals surface area contributed by atoms with Crippen molar-refractivity contribution < 1.29 is 14.3 Å². The topological polar surface area (TPSA) is 47.6 Å². The molecule has 1 aromatic carbocycles. The van der Waals surface area contributed by atoms with Gasteiger partial charge in [-0.05, 0) is 42.0 Å². The largest absolute Gasteiger partial charge is 0.454 e. The Balaban J connectivity index is 1.41. The Bertz CT molecular complexity index is 692. The van der Waals surface area contributed by atoms with Crippen molar-refractivity contribution in [1.82, 2.24) is 5.32 Å². The number of hydrogen-bond acceptors (Lipinski definition) is 4. The second-order valence-electron chi connectivity index (χ2n) is 5.88. The first kappa shape index (κ1) is 13.6. The molecule has 0 radical (unpaired) electrons. The fourth-order valence-electron chi connectivity index (χ4n) is 2.85. The molecule has 1 fully saturated rings. The third-order valence-corrected chi connectivity index (χ3v) is 5.25. The van der Waals surface area contributed by atoms with Crippen molar-refractivity contribution in [3.63, 3.8) is 0 Å². The number of fused-ring (bicyclic) bond motifs is 1. The normalized spacial score (nSPS) is 17.3. The molecule has 2 heterocycles. The van der Waals surface area contributed by atoms with Crippen LogP contribution in [-0.4, -0.2) is 19.2 Å². The van der Waals surface area contributed by atoms with Gasteiger partial charge in [-0.15, -0.1) is 11.3 Å². The van der Waals surface area contributed by atoms with E-state index in [1.54, 1.807) is 11.3 Å². The summed E-state index contributed by atoms with van der Waals surface area (Å²) >= 11 is 1.62. The van der Waals surface area contributed by atoms with Crippen LogP contribution in [0.5, 0.6) is 11.5 Å². The van der Waals surface area contributed by atoms with Crippen LogP contribution >= 0.6 is 11.3 Å². The summed E-state index contributed by atoms with van der Waals surface area (Å²) in [5.41, 5.74) is 1.31. The highest BCUT2D eigenvalue weighted by molar-refractivity contribution is 7.10. The third kappa shape index (κ3) is 2.57. The molecule has 1 amide bonds. The van der Waals surface area contributed by atoms with Crippen molar-refractivity contribution in [2.75, 3.05) is 13.3 Å². The van der Waals surface area contributed by atoms with E-state index < -0.39 is 0 Å². The van der Waals surface area contributed by atoms with E-state index in [0.717, 1.165) is 29.2 Å². The predicted molar refractivity (Wildman–Crippen MR) is 84.5 cm³/mol. The SMILES string of the molecule is O=C(Cc1cccs1)NCC1(c2ccc3c(c2)OCO3)CC1. The summed E-state index contributed by atoms with van der Waals surface area (Å²) in [7, 11) is 0. The molecule has 2 aliphatic rings. The lowest BCUT2D eigenvalue weighted by molar-refractivity contribution is -0.120. The van der Waals surface area contributed by atoms with Gasteiger partial charge in [-0.25, -0.2) is 0 Å². The molecule has 1 saturated carbocycles. The molecule has 0 atom stereocenters. The second-order valence-corrected chi connectivity index (χ2v) is 6.91. The van der Waals surface area contributed by atoms with Gasteiger partial charge in [-0.3, -0.25) is 4.79 Å². The molecule has 5 heteroatoms. The van der Waals surface area contributed by atoms with Crippen molar-refractivity contribution in [1.29, 1.82) is 0 Å². The van der Waals surface area contributed by atoms with E-state index in [1.807, 2.05) is 23.6 Å². The highest BCUT2D eigenvalue weighted by Gasteiger charge is 2.44. The van der Waals surface area contributed by atoms with E-state index in [1.165, 1.54) is 5.56 Å². The minimum absolute atomic E-state index is 0.0755. The quantitative estimate of drug-likeness (QED) is 0.923. The van der Waals surface area contributed by atoms with Crippen molar-refractivity contribution in [3.8, 4) is 11.5 Å². The average molecular weight is 315 g/mol. The van der Waals surface area contributed by atoms with Crippen molar-refractivity contribution >= 4 is 17.2 Å². The van der Waals surface area contributed by atoms with Crippen molar-refractivity contribution in [2.24, 2.45) is 0 Å². The molecule has 114 valence electrons. The van der Waals surface area contributed by atoms with Gasteiger partial charge in [0.1, 0.15) is 0 Å². The van der Waals surface area contributed by atoms with E-state index >= 15 is 0 Å². The van der Waals surface area contributed by atoms with Crippen LogP contribution in [0.3, 0.4) is 0 Å². The molecule has 0 spiro atoms. The molecule has 1 aromatic heterocycles. The Morgan fingerprint density at radius 2 is 2.09 bits per heavy atom. The molecule has 1 aliphatic carbocycles. The average Bonchev–Trinajstić information content (AvgIpc) is 2.94. The predicted octanol–water partition coefficient (Wildman–Crippen LogP) is 2.87. The lowest BCUT2D eigenvalue weighted by atomic mass is 9.95. The molecule has 0 saturated heterocycles. The first-order valence-electron chi connectivity index (χ1n) is 7.44. The zero-order valence-electron chi connectivity index (χ0n) is 12.1. The number of ether oxygens (including phenoxy) is 2. The Morgan fingerprint density at radius 3 is 2.86 bits per heavy atom. The highest BCUT2D eigenvalue weighted by atomic mass is 32.1. The van der Waals surface area contributed by atoms with E-state index in [2.05, 4.69) is 17.4 Å². The molecule has 2 aromatic rings. The van der Waals surface area contributed by atoms with Crippen LogP contribution in [0.1, 0.15) is 23.3 Å². The number of nitrogens with one attached hydrogen (secondary N) is 1. The summed E-state index contributed by atoms with van der Waals surface area (Å²) in [5.74, 6) is 1.71. The van der Waals surface area contributed by atoms with Crippen molar-refractivity contribution in [2.45, 2.75) is 24.7 Å². The van der Waals surface area contributed by atoms with Gasteiger partial charge in [-0.2, -0.15) is 0 Å². The number of benzene rings is 1. The van der Waals surface area contributed by atoms with Crippen LogP contribution in [0.15, 0.2) is 35.7 Å². The Labute approximate surface area is 133 Å². The number of rotatable bonds is 5. The Morgan fingerprint density at radius 1 is 1.23 bits per heavy atom. The maximum Gasteiger partial charge on any atom is 0.231 e. The van der Waals surface area contributed by atoms with Crippen LogP contribution in [0.4, 0.5) is 0 Å². The minimum Gasteiger partial charge on any atom is -0.454 e. The lowest BCUT2D eigenvalue weighted by Gasteiger charge is -2.17. The molecule has 0 unspecified atom stereocenters. The van der Waals surface area contributed by atoms with E-state index in [9.17, 15) is 4.79 Å². The molecule has 22 heavy (non-hydrogen) atoms. The summed E-state index contributed by atoms with van der Waals surface area (Å²) < 4.78 is 10.8. The molecular formula is C17H17NO3S. The molecule has 0 bridgehead atoms. The number of hydrogen-bond donors (Lipinski definition) is 1. The Kier molecular flexibility index (Phi) is 3.30. The number of amides is 1. The van der Waals surface area contributed by atoms with Gasteiger partial charge in [0.25, 0.3) is 0 Å². The van der Waals surface area contributed by atoms with Crippen LogP contribution in [0.25, 0.3) is 0 Å². The smallest absolute Gasteiger partial charge is 0.231 e. The fraction of sp³-hybridized carbons (Fsp3) is 0.353. The molecule has 4 rings (SSSR count). The van der Waals surface area contributed by atoms with Gasteiger partial charge in [-0.1, -0.05) is 12.1 Å². The van der Waals surface area contributed by atoms with Crippen LogP contribution in [-0.2, 0) is 16.6 Å². The zero-order chi connectivity index (χ0) is 15.0. The fourth-order valence-corrected chi connectivity index (χ4v) is 3.55. The number of carbonyl (C=O) groups is 1. The van der Waals surface area contributed by atoms with Gasteiger partial charge in [0.2, 0.25) is 12.7 Å². The summed E-state index contributed by atoms with van der Waals surface area (Å²) in [5, 5.41) is 5.08. The number of thiophene rings is 1. The number of carbonyl (C=O) groups excluding carboxylic acids is 1. The van der Waals surface area contributed by atoms with E-state index in [0.29, 0.717) is 19.8 Å². The zero-order valence-corrected chi connectivity index (χ0v) is 12.9. The molecule has 1 aliphatic heterocycles. The summed E-state index contributed by atoms with van der Waals surface area (Å²) in [6.45, 7) is 0.986. The molecule has 1 N–H and O–H groups in total. The Hall–Kier alpha value is -2.01. The molecule has 4 nitrogen and oxygen atoms in total.